The van der Waals surface area contributed by atoms with E-state index in [0.717, 1.165) is 0 Å². The van der Waals surface area contributed by atoms with Gasteiger partial charge in [-0.3, -0.25) is 9.59 Å². The number of nitrogens with zero attached hydrogens (tertiary/aromatic N) is 2. The van der Waals surface area contributed by atoms with Gasteiger partial charge in [0.25, 0.3) is 5.91 Å². The molecule has 1 atom stereocenters. The molecule has 0 radical (unpaired) electrons. The Kier molecular flexibility index (Phi) is 2.12. The van der Waals surface area contributed by atoms with E-state index in [1.165, 1.54) is 4.90 Å². The van der Waals surface area contributed by atoms with Crippen molar-refractivity contribution in [2.24, 2.45) is 5.92 Å². The lowest BCUT2D eigenvalue weighted by molar-refractivity contribution is -0.142. The predicted octanol–water partition coefficient (Wildman–Crippen LogP) is 0.336. The van der Waals surface area contributed by atoms with E-state index in [2.05, 4.69) is 0 Å². The molecule has 70 valence electrons. The molecular weight excluding hydrogens is 168 g/mol. The molecule has 1 rings (SSSR count). The second-order valence-corrected chi connectivity index (χ2v) is 4.13. The number of nitriles is 1. The molecule has 0 aromatic carbocycles. The Bertz CT molecular complexity index is 296. The first-order valence-corrected chi connectivity index (χ1v) is 4.13. The first-order valence-electron chi connectivity index (χ1n) is 4.13. The van der Waals surface area contributed by atoms with Gasteiger partial charge >= 0.3 is 0 Å². The van der Waals surface area contributed by atoms with Gasteiger partial charge in [0.1, 0.15) is 5.92 Å². The van der Waals surface area contributed by atoms with Crippen LogP contribution in [-0.4, -0.2) is 28.7 Å². The van der Waals surface area contributed by atoms with Crippen molar-refractivity contribution in [3.8, 4) is 6.07 Å². The van der Waals surface area contributed by atoms with Crippen molar-refractivity contribution in [3.05, 3.63) is 0 Å². The van der Waals surface area contributed by atoms with Crippen LogP contribution in [0.1, 0.15) is 20.8 Å². The molecule has 0 aliphatic carbocycles. The molecule has 1 amide bonds. The van der Waals surface area contributed by atoms with Gasteiger partial charge in [-0.1, -0.05) is 0 Å². The molecule has 0 bridgehead atoms. The Balaban J connectivity index is 2.92. The smallest absolute Gasteiger partial charge is 0.291 e. The minimum Gasteiger partial charge on any atom is -0.329 e. The second kappa shape index (κ2) is 2.84. The van der Waals surface area contributed by atoms with Crippen LogP contribution < -0.4 is 0 Å². The van der Waals surface area contributed by atoms with Crippen molar-refractivity contribution < 1.29 is 9.59 Å². The number of Topliss-reactive ketones (excluding diaryl/α,β-unsaturated/α-hetero) is 1. The van der Waals surface area contributed by atoms with Gasteiger partial charge in [0.15, 0.2) is 0 Å². The second-order valence-electron chi connectivity index (χ2n) is 4.13. The maximum atomic E-state index is 11.3. The lowest BCUT2D eigenvalue weighted by Gasteiger charge is -2.30. The zero-order chi connectivity index (χ0) is 10.2. The fourth-order valence-electron chi connectivity index (χ4n) is 1.31. The maximum absolute atomic E-state index is 11.3. The molecule has 0 aromatic rings. The van der Waals surface area contributed by atoms with Crippen LogP contribution in [0.2, 0.25) is 0 Å². The quantitative estimate of drug-likeness (QED) is 0.505. The fourth-order valence-corrected chi connectivity index (χ4v) is 1.31. The van der Waals surface area contributed by atoms with E-state index in [4.69, 9.17) is 5.26 Å². The summed E-state index contributed by atoms with van der Waals surface area (Å²) in [5.41, 5.74) is -0.377. The number of carbonyl (C=O) groups is 2. The lowest BCUT2D eigenvalue weighted by atomic mass is 10.1. The topological polar surface area (TPSA) is 61.2 Å². The van der Waals surface area contributed by atoms with Gasteiger partial charge in [-0.25, -0.2) is 0 Å². The van der Waals surface area contributed by atoms with Crippen molar-refractivity contribution in [2.75, 3.05) is 6.54 Å². The molecule has 0 spiro atoms. The van der Waals surface area contributed by atoms with Crippen LogP contribution in [0.5, 0.6) is 0 Å². The summed E-state index contributed by atoms with van der Waals surface area (Å²) in [6, 6.07) is 1.83. The summed E-state index contributed by atoms with van der Waals surface area (Å²) in [6.45, 7) is 5.77. The Morgan fingerprint density at radius 3 is 2.23 bits per heavy atom. The minimum absolute atomic E-state index is 0.234. The lowest BCUT2D eigenvalue weighted by Crippen LogP contribution is -2.43. The molecule has 1 aliphatic heterocycles. The predicted molar refractivity (Wildman–Crippen MR) is 45.6 cm³/mol. The summed E-state index contributed by atoms with van der Waals surface area (Å²) < 4.78 is 0. The van der Waals surface area contributed by atoms with Crippen molar-refractivity contribution in [1.82, 2.24) is 4.90 Å². The van der Waals surface area contributed by atoms with Gasteiger partial charge in [-0.2, -0.15) is 5.26 Å². The zero-order valence-electron chi connectivity index (χ0n) is 8.00. The number of likely N-dealkylation sites (tertiary alicyclic amines) is 1. The minimum atomic E-state index is -0.772. The van der Waals surface area contributed by atoms with Crippen LogP contribution in [0.3, 0.4) is 0 Å². The van der Waals surface area contributed by atoms with Gasteiger partial charge in [0, 0.05) is 12.1 Å². The third kappa shape index (κ3) is 1.55. The van der Waals surface area contributed by atoms with Crippen LogP contribution in [0.25, 0.3) is 0 Å². The molecule has 0 aromatic heterocycles. The number of rotatable bonds is 0. The van der Waals surface area contributed by atoms with Gasteiger partial charge in [0.2, 0.25) is 5.78 Å². The first kappa shape index (κ1) is 9.72. The Hall–Kier alpha value is -1.37. The summed E-state index contributed by atoms with van der Waals surface area (Å²) in [6.07, 6.45) is 0. The Morgan fingerprint density at radius 2 is 2.00 bits per heavy atom. The molecule has 0 saturated carbocycles. The number of carbonyl (C=O) groups excluding carboxylic acids is 2. The van der Waals surface area contributed by atoms with Crippen LogP contribution in [-0.2, 0) is 9.59 Å². The van der Waals surface area contributed by atoms with E-state index in [1.807, 2.05) is 26.8 Å². The average molecular weight is 180 g/mol. The molecule has 1 fully saturated rings. The highest BCUT2D eigenvalue weighted by Gasteiger charge is 2.43. The highest BCUT2D eigenvalue weighted by molar-refractivity contribution is 6.39. The van der Waals surface area contributed by atoms with E-state index in [1.54, 1.807) is 0 Å². The molecule has 0 N–H and O–H groups in total. The Labute approximate surface area is 77.1 Å². The van der Waals surface area contributed by atoms with Crippen LogP contribution in [0, 0.1) is 17.2 Å². The molecule has 13 heavy (non-hydrogen) atoms. The van der Waals surface area contributed by atoms with Crippen molar-refractivity contribution >= 4 is 11.7 Å². The highest BCUT2D eigenvalue weighted by atomic mass is 16.2. The molecular formula is C9H12N2O2. The van der Waals surface area contributed by atoms with E-state index < -0.39 is 17.6 Å². The third-order valence-corrected chi connectivity index (χ3v) is 2.10. The van der Waals surface area contributed by atoms with Crippen LogP contribution in [0.4, 0.5) is 0 Å². The van der Waals surface area contributed by atoms with Gasteiger partial charge in [-0.15, -0.1) is 0 Å². The Morgan fingerprint density at radius 1 is 1.46 bits per heavy atom. The number of ketones is 1. The number of hydrogen-bond acceptors (Lipinski definition) is 3. The summed E-state index contributed by atoms with van der Waals surface area (Å²) >= 11 is 0. The van der Waals surface area contributed by atoms with Gasteiger partial charge < -0.3 is 4.90 Å². The average Bonchev–Trinajstić information content (AvgIpc) is 2.28. The number of hydrogen-bond donors (Lipinski definition) is 0. The van der Waals surface area contributed by atoms with E-state index in [0.29, 0.717) is 0 Å². The molecule has 1 aliphatic rings. The zero-order valence-corrected chi connectivity index (χ0v) is 8.00. The van der Waals surface area contributed by atoms with E-state index in [-0.39, 0.29) is 12.1 Å². The van der Waals surface area contributed by atoms with Crippen LogP contribution in [0.15, 0.2) is 0 Å². The standard InChI is InChI=1S/C9H12N2O2/c1-9(2,3)11-5-6(4-10)7(12)8(11)13/h6H,5H2,1-3H3/t6-/m0/s1. The van der Waals surface area contributed by atoms with Gasteiger partial charge in [-0.05, 0) is 20.8 Å². The van der Waals surface area contributed by atoms with E-state index >= 15 is 0 Å². The molecule has 4 heteroatoms. The summed E-state index contributed by atoms with van der Waals surface area (Å²) in [7, 11) is 0. The summed E-state index contributed by atoms with van der Waals surface area (Å²) in [5.74, 6) is -1.87. The van der Waals surface area contributed by atoms with Gasteiger partial charge in [0.05, 0.1) is 6.07 Å². The van der Waals surface area contributed by atoms with Crippen LogP contribution >= 0.6 is 0 Å². The molecule has 4 nitrogen and oxygen atoms in total. The highest BCUT2D eigenvalue weighted by Crippen LogP contribution is 2.22. The summed E-state index contributed by atoms with van der Waals surface area (Å²) in [5, 5.41) is 8.59. The third-order valence-electron chi connectivity index (χ3n) is 2.10. The van der Waals surface area contributed by atoms with Crippen molar-refractivity contribution in [3.63, 3.8) is 0 Å². The molecule has 1 heterocycles. The molecule has 0 unspecified atom stereocenters. The largest absolute Gasteiger partial charge is 0.329 e. The monoisotopic (exact) mass is 180 g/mol. The number of amides is 1. The summed E-state index contributed by atoms with van der Waals surface area (Å²) in [4.78, 5) is 24.0. The van der Waals surface area contributed by atoms with Crippen molar-refractivity contribution in [2.45, 2.75) is 26.3 Å². The SMILES string of the molecule is CC(C)(C)N1C[C@H](C#N)C(=O)C1=O. The van der Waals surface area contributed by atoms with E-state index in [9.17, 15) is 9.59 Å². The normalized spacial score (nSPS) is 23.5. The molecule has 1 saturated heterocycles. The maximum Gasteiger partial charge on any atom is 0.291 e. The van der Waals surface area contributed by atoms with Crippen molar-refractivity contribution in [1.29, 1.82) is 5.26 Å². The fraction of sp³-hybridized carbons (Fsp3) is 0.667. The first-order chi connectivity index (χ1) is 5.88.